The Morgan fingerprint density at radius 2 is 1.89 bits per heavy atom. The molecule has 0 N–H and O–H groups in total. The van der Waals surface area contributed by atoms with Gasteiger partial charge in [-0.2, -0.15) is 5.10 Å². The fourth-order valence-electron chi connectivity index (χ4n) is 4.24. The van der Waals surface area contributed by atoms with Gasteiger partial charge in [0.2, 0.25) is 0 Å². The molecule has 2 aliphatic rings. The number of benzene rings is 2. The number of hydrazone groups is 1. The van der Waals surface area contributed by atoms with Crippen molar-refractivity contribution in [2.75, 3.05) is 19.6 Å². The van der Waals surface area contributed by atoms with Gasteiger partial charge in [-0.3, -0.25) is 9.69 Å². The van der Waals surface area contributed by atoms with Crippen molar-refractivity contribution >= 4 is 11.6 Å². The molecule has 1 amide bonds. The van der Waals surface area contributed by atoms with Gasteiger partial charge in [-0.1, -0.05) is 42.0 Å². The first-order chi connectivity index (χ1) is 13.5. The highest BCUT2D eigenvalue weighted by Crippen LogP contribution is 2.35. The lowest BCUT2D eigenvalue weighted by atomic mass is 9.94. The number of likely N-dealkylation sites (tertiary alicyclic amines) is 1. The van der Waals surface area contributed by atoms with E-state index in [9.17, 15) is 9.18 Å². The van der Waals surface area contributed by atoms with E-state index in [0.29, 0.717) is 24.2 Å². The van der Waals surface area contributed by atoms with Crippen LogP contribution in [-0.2, 0) is 4.79 Å². The molecule has 4 nitrogen and oxygen atoms in total. The number of amides is 1. The number of nitrogens with zero attached hydrogens (tertiary/aromatic N) is 3. The predicted octanol–water partition coefficient (Wildman–Crippen LogP) is 4.22. The number of hydrogen-bond acceptors (Lipinski definition) is 3. The van der Waals surface area contributed by atoms with Crippen molar-refractivity contribution in [1.82, 2.24) is 9.91 Å². The number of halogens is 1. The van der Waals surface area contributed by atoms with E-state index in [2.05, 4.69) is 42.0 Å². The molecule has 1 unspecified atom stereocenters. The normalized spacial score (nSPS) is 19.9. The van der Waals surface area contributed by atoms with Crippen LogP contribution in [0.15, 0.2) is 47.6 Å². The maximum Gasteiger partial charge on any atom is 0.257 e. The number of aryl methyl sites for hydroxylation is 2. The summed E-state index contributed by atoms with van der Waals surface area (Å²) in [4.78, 5) is 15.3. The lowest BCUT2D eigenvalue weighted by molar-refractivity contribution is -0.134. The molecule has 2 aromatic rings. The Kier molecular flexibility index (Phi) is 5.27. The molecule has 146 valence electrons. The van der Waals surface area contributed by atoms with Gasteiger partial charge in [-0.25, -0.2) is 9.40 Å². The Hall–Kier alpha value is -2.53. The van der Waals surface area contributed by atoms with E-state index in [0.717, 1.165) is 37.1 Å². The first-order valence-electron chi connectivity index (χ1n) is 9.97. The molecule has 28 heavy (non-hydrogen) atoms. The van der Waals surface area contributed by atoms with Crippen LogP contribution in [0.1, 0.15) is 47.6 Å². The zero-order chi connectivity index (χ0) is 19.7. The van der Waals surface area contributed by atoms with Gasteiger partial charge in [0.05, 0.1) is 18.3 Å². The van der Waals surface area contributed by atoms with E-state index in [1.807, 2.05) is 6.07 Å². The van der Waals surface area contributed by atoms with Gasteiger partial charge in [0, 0.05) is 12.0 Å². The third kappa shape index (κ3) is 3.72. The van der Waals surface area contributed by atoms with Crippen LogP contribution < -0.4 is 0 Å². The maximum absolute atomic E-state index is 14.4. The van der Waals surface area contributed by atoms with E-state index in [4.69, 9.17) is 0 Å². The summed E-state index contributed by atoms with van der Waals surface area (Å²) >= 11 is 0. The molecular formula is C23H26FN3O. The van der Waals surface area contributed by atoms with Crippen LogP contribution in [0.3, 0.4) is 0 Å². The molecule has 0 bridgehead atoms. The average molecular weight is 379 g/mol. The second-order valence-corrected chi connectivity index (χ2v) is 7.83. The quantitative estimate of drug-likeness (QED) is 0.798. The zero-order valence-corrected chi connectivity index (χ0v) is 16.5. The summed E-state index contributed by atoms with van der Waals surface area (Å²) in [5.41, 5.74) is 4.51. The van der Waals surface area contributed by atoms with Crippen molar-refractivity contribution in [2.24, 2.45) is 5.10 Å². The highest BCUT2D eigenvalue weighted by molar-refractivity contribution is 6.03. The highest BCUT2D eigenvalue weighted by Gasteiger charge is 2.35. The number of carbonyl (C=O) groups is 1. The van der Waals surface area contributed by atoms with Gasteiger partial charge >= 0.3 is 0 Å². The van der Waals surface area contributed by atoms with E-state index in [1.165, 1.54) is 11.6 Å². The van der Waals surface area contributed by atoms with Crippen molar-refractivity contribution in [2.45, 2.75) is 39.2 Å². The molecular weight excluding hydrogens is 353 g/mol. The summed E-state index contributed by atoms with van der Waals surface area (Å²) in [6.07, 6.45) is 2.80. The Balaban J connectivity index is 1.67. The lowest BCUT2D eigenvalue weighted by Crippen LogP contribution is -2.37. The lowest BCUT2D eigenvalue weighted by Gasteiger charge is -2.25. The second kappa shape index (κ2) is 7.84. The molecule has 0 radical (unpaired) electrons. The standard InChI is InChI=1S/C23H26FN3O/c1-16-9-10-18(17(2)13-16)22-14-21(19-7-3-4-8-20(19)24)25-27(22)23(28)15-26-11-5-6-12-26/h3-4,7-10,13,22H,5-6,11-12,14-15H2,1-2H3. The van der Waals surface area contributed by atoms with Gasteiger partial charge in [0.1, 0.15) is 5.82 Å². The minimum atomic E-state index is -0.297. The summed E-state index contributed by atoms with van der Waals surface area (Å²) in [5.74, 6) is -0.312. The van der Waals surface area contributed by atoms with Gasteiger partial charge in [0.25, 0.3) is 5.91 Å². The topological polar surface area (TPSA) is 35.9 Å². The fraction of sp³-hybridized carbons (Fsp3) is 0.391. The molecule has 0 saturated carbocycles. The molecule has 2 heterocycles. The SMILES string of the molecule is Cc1ccc(C2CC(c3ccccc3F)=NN2C(=O)CN2CCCC2)c(C)c1. The average Bonchev–Trinajstić information content (AvgIpc) is 3.32. The summed E-state index contributed by atoms with van der Waals surface area (Å²) in [6, 6.07) is 12.7. The fourth-order valence-corrected chi connectivity index (χ4v) is 4.24. The minimum Gasteiger partial charge on any atom is -0.294 e. The van der Waals surface area contributed by atoms with Gasteiger partial charge in [-0.05, 0) is 57.0 Å². The molecule has 2 aromatic carbocycles. The van der Waals surface area contributed by atoms with Gasteiger partial charge < -0.3 is 0 Å². The number of hydrogen-bond donors (Lipinski definition) is 0. The van der Waals surface area contributed by atoms with E-state index in [-0.39, 0.29) is 17.8 Å². The van der Waals surface area contributed by atoms with Crippen LogP contribution in [0, 0.1) is 19.7 Å². The van der Waals surface area contributed by atoms with Crippen molar-refractivity contribution in [1.29, 1.82) is 0 Å². The van der Waals surface area contributed by atoms with Crippen molar-refractivity contribution in [3.8, 4) is 0 Å². The zero-order valence-electron chi connectivity index (χ0n) is 16.5. The predicted molar refractivity (Wildman–Crippen MR) is 109 cm³/mol. The maximum atomic E-state index is 14.4. The summed E-state index contributed by atoms with van der Waals surface area (Å²) in [7, 11) is 0. The second-order valence-electron chi connectivity index (χ2n) is 7.83. The van der Waals surface area contributed by atoms with Gasteiger partial charge in [0.15, 0.2) is 0 Å². The van der Waals surface area contributed by atoms with Crippen molar-refractivity contribution in [3.63, 3.8) is 0 Å². The number of rotatable bonds is 4. The van der Waals surface area contributed by atoms with Crippen LogP contribution in [-0.4, -0.2) is 41.2 Å². The Labute approximate surface area is 165 Å². The highest BCUT2D eigenvalue weighted by atomic mass is 19.1. The van der Waals surface area contributed by atoms with Gasteiger partial charge in [-0.15, -0.1) is 0 Å². The Morgan fingerprint density at radius 3 is 2.61 bits per heavy atom. The van der Waals surface area contributed by atoms with Crippen LogP contribution in [0.5, 0.6) is 0 Å². The van der Waals surface area contributed by atoms with E-state index in [1.54, 1.807) is 17.1 Å². The van der Waals surface area contributed by atoms with E-state index >= 15 is 0 Å². The molecule has 0 aromatic heterocycles. The van der Waals surface area contributed by atoms with Crippen molar-refractivity contribution in [3.05, 3.63) is 70.5 Å². The molecule has 4 rings (SSSR count). The summed E-state index contributed by atoms with van der Waals surface area (Å²) in [6.45, 7) is 6.40. The number of carbonyl (C=O) groups excluding carboxylic acids is 1. The monoisotopic (exact) mass is 379 g/mol. The van der Waals surface area contributed by atoms with E-state index < -0.39 is 0 Å². The summed E-state index contributed by atoms with van der Waals surface area (Å²) < 4.78 is 14.4. The summed E-state index contributed by atoms with van der Waals surface area (Å²) in [5, 5.41) is 6.21. The molecule has 0 aliphatic carbocycles. The van der Waals surface area contributed by atoms with Crippen LogP contribution in [0.4, 0.5) is 4.39 Å². The van der Waals surface area contributed by atoms with Crippen LogP contribution >= 0.6 is 0 Å². The molecule has 1 fully saturated rings. The first-order valence-corrected chi connectivity index (χ1v) is 9.97. The minimum absolute atomic E-state index is 0.0155. The van der Waals surface area contributed by atoms with Crippen LogP contribution in [0.25, 0.3) is 0 Å². The van der Waals surface area contributed by atoms with Crippen molar-refractivity contribution < 1.29 is 9.18 Å². The molecule has 0 spiro atoms. The molecule has 1 atom stereocenters. The largest absolute Gasteiger partial charge is 0.294 e. The first kappa shape index (κ1) is 18.8. The van der Waals surface area contributed by atoms with Crippen LogP contribution in [0.2, 0.25) is 0 Å². The molecule has 1 saturated heterocycles. The Morgan fingerprint density at radius 1 is 1.14 bits per heavy atom. The Bertz CT molecular complexity index is 918. The molecule has 2 aliphatic heterocycles. The third-order valence-corrected chi connectivity index (χ3v) is 5.69. The smallest absolute Gasteiger partial charge is 0.257 e. The third-order valence-electron chi connectivity index (χ3n) is 5.69. The molecule has 5 heteroatoms.